The van der Waals surface area contributed by atoms with Crippen LogP contribution in [-0.4, -0.2) is 13.2 Å². The van der Waals surface area contributed by atoms with Gasteiger partial charge in [0, 0.05) is 28.4 Å². The van der Waals surface area contributed by atoms with Gasteiger partial charge < -0.3 is 13.1 Å². The van der Waals surface area contributed by atoms with Gasteiger partial charge in [-0.25, -0.2) is 0 Å². The van der Waals surface area contributed by atoms with E-state index in [1.165, 1.54) is 84.9 Å². The molecule has 7 rings (SSSR count). The number of para-hydroxylation sites is 1. The quantitative estimate of drug-likeness (QED) is 0.190. The third-order valence-electron chi connectivity index (χ3n) is 10.0. The summed E-state index contributed by atoms with van der Waals surface area (Å²) >= 11 is 0. The summed E-state index contributed by atoms with van der Waals surface area (Å²) in [6.07, 6.45) is 14.1. The lowest BCUT2D eigenvalue weighted by Gasteiger charge is -2.34. The van der Waals surface area contributed by atoms with Crippen molar-refractivity contribution in [2.24, 2.45) is 0 Å². The molecule has 0 spiro atoms. The normalized spacial score (nSPS) is 16.4. The van der Waals surface area contributed by atoms with Crippen LogP contribution in [0.1, 0.15) is 89.2 Å². The van der Waals surface area contributed by atoms with Gasteiger partial charge in [0.05, 0.1) is 7.11 Å². The first-order valence-corrected chi connectivity index (χ1v) is 18.5. The molecule has 238 valence electrons. The molecule has 5 heteroatoms. The summed E-state index contributed by atoms with van der Waals surface area (Å²) in [5.41, 5.74) is 2.96. The number of ether oxygens (including phenoxy) is 1. The Morgan fingerprint density at radius 3 is 1.63 bits per heavy atom. The lowest BCUT2D eigenvalue weighted by molar-refractivity contribution is 0.396. The van der Waals surface area contributed by atoms with Crippen molar-refractivity contribution in [3.05, 3.63) is 103 Å². The molecule has 4 nitrogen and oxygen atoms in total. The Morgan fingerprint density at radius 1 is 0.609 bits per heavy atom. The maximum atomic E-state index is 7.23. The first-order valence-electron chi connectivity index (χ1n) is 17.3. The van der Waals surface area contributed by atoms with Gasteiger partial charge in [0.25, 0.3) is 0 Å². The van der Waals surface area contributed by atoms with Crippen LogP contribution in [0.2, 0.25) is 0 Å². The van der Waals surface area contributed by atoms with Crippen molar-refractivity contribution in [3.63, 3.8) is 0 Å². The van der Waals surface area contributed by atoms with Gasteiger partial charge in [0.2, 0.25) is 0 Å². The number of methoxy groups -OCH3 is 1. The van der Waals surface area contributed by atoms with Crippen LogP contribution < -0.4 is 9.41 Å². The summed E-state index contributed by atoms with van der Waals surface area (Å²) in [6, 6.07) is 34.9. The fraction of sp³-hybridized carbons (Fsp3) is 0.366. The minimum Gasteiger partial charge on any atom is -0.496 e. The topological polar surface area (TPSA) is 38.8 Å². The van der Waals surface area contributed by atoms with Gasteiger partial charge >= 0.3 is 8.16 Å². The van der Waals surface area contributed by atoms with Crippen molar-refractivity contribution in [1.29, 1.82) is 0 Å². The van der Waals surface area contributed by atoms with E-state index in [0.29, 0.717) is 6.04 Å². The summed E-state index contributed by atoms with van der Waals surface area (Å²) < 4.78 is 23.0. The van der Waals surface area contributed by atoms with Crippen molar-refractivity contribution in [3.8, 4) is 5.75 Å². The molecule has 1 aromatic heterocycles. The van der Waals surface area contributed by atoms with Gasteiger partial charge in [-0.1, -0.05) is 137 Å². The van der Waals surface area contributed by atoms with Crippen LogP contribution in [0.25, 0.3) is 43.5 Å². The van der Waals surface area contributed by atoms with E-state index < -0.39 is 8.16 Å². The average Bonchev–Trinajstić information content (AvgIpc) is 3.26. The van der Waals surface area contributed by atoms with Crippen molar-refractivity contribution in [1.82, 2.24) is 0 Å². The summed E-state index contributed by atoms with van der Waals surface area (Å²) in [5, 5.41) is 7.03. The molecule has 0 N–H and O–H groups in total. The zero-order chi connectivity index (χ0) is 31.3. The Balaban J connectivity index is 1.49. The smallest absolute Gasteiger partial charge is 0.310 e. The summed E-state index contributed by atoms with van der Waals surface area (Å²) in [5.74, 6) is 0.913. The molecule has 1 saturated carbocycles. The van der Waals surface area contributed by atoms with Crippen LogP contribution >= 0.6 is 8.16 Å². The highest BCUT2D eigenvalue weighted by molar-refractivity contribution is 7.39. The molecule has 46 heavy (non-hydrogen) atoms. The van der Waals surface area contributed by atoms with Crippen LogP contribution in [0.15, 0.2) is 105 Å². The van der Waals surface area contributed by atoms with Crippen LogP contribution in [0, 0.1) is 0 Å². The van der Waals surface area contributed by atoms with Gasteiger partial charge in [-0.2, -0.15) is 4.67 Å². The number of nitrogens with zero attached hydrogens (tertiary/aromatic N) is 1. The van der Waals surface area contributed by atoms with Gasteiger partial charge in [-0.15, -0.1) is 0 Å². The molecular formula is C41H46NO3P. The number of benzene rings is 5. The number of fused-ring (bicyclic) bond motifs is 7. The first-order chi connectivity index (χ1) is 22.7. The zero-order valence-corrected chi connectivity index (χ0v) is 28.2. The van der Waals surface area contributed by atoms with Crippen LogP contribution in [0.4, 0.5) is 0 Å². The SMILES string of the molecule is COc1ccccc1[C@@H](C)N(C1CCCCCCCCCCC1)p1oc2ccc3ccccc3c2c2c(ccc3ccccc32)o1. The molecule has 0 aliphatic heterocycles. The summed E-state index contributed by atoms with van der Waals surface area (Å²) in [7, 11) is 0.257. The van der Waals surface area contributed by atoms with Crippen molar-refractivity contribution in [2.45, 2.75) is 89.6 Å². The molecule has 0 amide bonds. The van der Waals surface area contributed by atoms with Crippen molar-refractivity contribution < 1.29 is 13.1 Å². The molecule has 1 atom stereocenters. The second-order valence-corrected chi connectivity index (χ2v) is 14.3. The van der Waals surface area contributed by atoms with Crippen molar-refractivity contribution >= 4 is 51.6 Å². The lowest BCUT2D eigenvalue weighted by atomic mass is 9.96. The molecule has 0 saturated heterocycles. The van der Waals surface area contributed by atoms with E-state index in [-0.39, 0.29) is 6.04 Å². The van der Waals surface area contributed by atoms with Crippen LogP contribution in [0.3, 0.4) is 0 Å². The second kappa shape index (κ2) is 14.4. The molecular weight excluding hydrogens is 585 g/mol. The largest absolute Gasteiger partial charge is 0.496 e. The van der Waals surface area contributed by atoms with Gasteiger partial charge in [-0.3, -0.25) is 0 Å². The molecule has 0 bridgehead atoms. The third kappa shape index (κ3) is 6.31. The highest BCUT2D eigenvalue weighted by Crippen LogP contribution is 2.47. The van der Waals surface area contributed by atoms with E-state index in [0.717, 1.165) is 40.5 Å². The van der Waals surface area contributed by atoms with E-state index in [9.17, 15) is 0 Å². The molecule has 0 unspecified atom stereocenters. The van der Waals surface area contributed by atoms with E-state index in [1.54, 1.807) is 7.11 Å². The van der Waals surface area contributed by atoms with Crippen LogP contribution in [-0.2, 0) is 0 Å². The molecule has 1 aliphatic rings. The maximum absolute atomic E-state index is 7.23. The summed E-state index contributed by atoms with van der Waals surface area (Å²) in [6.45, 7) is 2.32. The van der Waals surface area contributed by atoms with E-state index >= 15 is 0 Å². The minimum atomic E-state index is -1.52. The summed E-state index contributed by atoms with van der Waals surface area (Å²) in [4.78, 5) is 0. The predicted octanol–water partition coefficient (Wildman–Crippen LogP) is 13.0. The van der Waals surface area contributed by atoms with Crippen molar-refractivity contribution in [2.75, 3.05) is 11.8 Å². The predicted molar refractivity (Wildman–Crippen MR) is 196 cm³/mol. The molecule has 1 aliphatic carbocycles. The van der Waals surface area contributed by atoms with E-state index in [4.69, 9.17) is 13.1 Å². The Hall–Kier alpha value is -3.72. The van der Waals surface area contributed by atoms with Gasteiger partial charge in [-0.05, 0) is 59.5 Å². The Labute approximate surface area is 273 Å². The fourth-order valence-electron chi connectivity index (χ4n) is 7.60. The molecule has 5 aromatic carbocycles. The first kappa shape index (κ1) is 30.9. The average molecular weight is 632 g/mol. The lowest BCUT2D eigenvalue weighted by Crippen LogP contribution is -2.35. The maximum Gasteiger partial charge on any atom is 0.310 e. The van der Waals surface area contributed by atoms with E-state index in [1.807, 2.05) is 0 Å². The second-order valence-electron chi connectivity index (χ2n) is 13.0. The highest BCUT2D eigenvalue weighted by Gasteiger charge is 2.32. The highest BCUT2D eigenvalue weighted by atomic mass is 31.1. The number of hydrogen-bond acceptors (Lipinski definition) is 4. The zero-order valence-electron chi connectivity index (χ0n) is 27.3. The monoisotopic (exact) mass is 631 g/mol. The van der Waals surface area contributed by atoms with Gasteiger partial charge in [0.15, 0.2) is 0 Å². The number of hydrogen-bond donors (Lipinski definition) is 0. The molecule has 6 aromatic rings. The Kier molecular flexibility index (Phi) is 9.65. The molecule has 1 heterocycles. The third-order valence-corrected chi connectivity index (χ3v) is 11.8. The Bertz CT molecular complexity index is 1870. The Morgan fingerprint density at radius 2 is 1.09 bits per heavy atom. The minimum absolute atomic E-state index is 0.0334. The standard InChI is InChI=1S/C41H46NO3P/c1-30(34-22-16-17-25-37(34)43-2)42(33-20-10-8-6-4-3-5-7-9-11-21-33)46-44-38-28-26-31-18-12-14-23-35(31)40(38)41-36-24-15-13-19-32(36)27-29-39(41)45-46/h12-19,22-30,33H,3-11,20-21H2,1-2H3/t30-/m1/s1. The molecule has 1 fully saturated rings. The number of rotatable bonds is 5. The molecule has 0 radical (unpaired) electrons. The van der Waals surface area contributed by atoms with Crippen LogP contribution in [0.5, 0.6) is 5.75 Å². The van der Waals surface area contributed by atoms with Gasteiger partial charge in [0.1, 0.15) is 16.9 Å². The fourth-order valence-corrected chi connectivity index (χ4v) is 9.37. The van der Waals surface area contributed by atoms with E-state index in [2.05, 4.69) is 109 Å².